The average Bonchev–Trinajstić information content (AvgIpc) is 2.73. The molecule has 1 fully saturated rings. The number of rotatable bonds is 2. The van der Waals surface area contributed by atoms with E-state index < -0.39 is 0 Å². The highest BCUT2D eigenvalue weighted by Crippen LogP contribution is 2.50. The van der Waals surface area contributed by atoms with Crippen molar-refractivity contribution >= 4 is 16.7 Å². The zero-order valence-electron chi connectivity index (χ0n) is 15.9. The van der Waals surface area contributed by atoms with Crippen LogP contribution in [0.5, 0.6) is 11.5 Å². The van der Waals surface area contributed by atoms with Gasteiger partial charge in [-0.2, -0.15) is 0 Å². The van der Waals surface area contributed by atoms with Crippen LogP contribution in [0.2, 0.25) is 0 Å². The van der Waals surface area contributed by atoms with Crippen LogP contribution in [-0.4, -0.2) is 12.6 Å². The predicted octanol–water partition coefficient (Wildman–Crippen LogP) is 5.05. The van der Waals surface area contributed by atoms with Crippen LogP contribution in [0.15, 0.2) is 57.7 Å². The molecular weight excluding hydrogens is 354 g/mol. The van der Waals surface area contributed by atoms with E-state index in [0.717, 1.165) is 53.8 Å². The van der Waals surface area contributed by atoms with Crippen molar-refractivity contribution < 1.29 is 13.9 Å². The molecule has 5 rings (SSSR count). The Morgan fingerprint density at radius 3 is 2.71 bits per heavy atom. The van der Waals surface area contributed by atoms with Crippen molar-refractivity contribution in [1.82, 2.24) is 0 Å². The van der Waals surface area contributed by atoms with E-state index in [-0.39, 0.29) is 17.3 Å². The first kappa shape index (κ1) is 17.2. The van der Waals surface area contributed by atoms with Crippen LogP contribution in [0.4, 0.5) is 5.69 Å². The topological polar surface area (TPSA) is 60.7 Å². The molecule has 1 unspecified atom stereocenters. The fourth-order valence-electron chi connectivity index (χ4n) is 4.69. The number of benzene rings is 2. The lowest BCUT2D eigenvalue weighted by Crippen LogP contribution is -2.50. The maximum Gasteiger partial charge on any atom is 0.336 e. The minimum atomic E-state index is -0.360. The number of hydrogen-bond acceptors (Lipinski definition) is 5. The second kappa shape index (κ2) is 6.59. The summed E-state index contributed by atoms with van der Waals surface area (Å²) < 4.78 is 17.4. The van der Waals surface area contributed by atoms with Crippen LogP contribution in [0.25, 0.3) is 11.0 Å². The van der Waals surface area contributed by atoms with E-state index in [0.29, 0.717) is 5.58 Å². The molecule has 2 aromatic carbocycles. The summed E-state index contributed by atoms with van der Waals surface area (Å²) in [6.07, 6.45) is 5.22. The number of fused-ring (bicyclic) bond motifs is 2. The number of hydrogen-bond donors (Lipinski definition) is 1. The molecular formula is C23H23NO4. The van der Waals surface area contributed by atoms with Crippen molar-refractivity contribution in [2.24, 2.45) is 0 Å². The third kappa shape index (κ3) is 2.73. The first-order valence-corrected chi connectivity index (χ1v) is 9.84. The SMILES string of the molecule is COc1ccc2oc(=O)cc(C3Oc4ccccc4NC34CCCCC4)c2c1. The largest absolute Gasteiger partial charge is 0.497 e. The fraction of sp³-hybridized carbons (Fsp3) is 0.348. The van der Waals surface area contributed by atoms with Crippen molar-refractivity contribution in [2.45, 2.75) is 43.7 Å². The van der Waals surface area contributed by atoms with Crippen LogP contribution in [0.3, 0.4) is 0 Å². The summed E-state index contributed by atoms with van der Waals surface area (Å²) in [7, 11) is 1.64. The third-order valence-electron chi connectivity index (χ3n) is 6.03. The Labute approximate surface area is 163 Å². The molecule has 28 heavy (non-hydrogen) atoms. The van der Waals surface area contributed by atoms with Gasteiger partial charge in [-0.3, -0.25) is 0 Å². The van der Waals surface area contributed by atoms with Gasteiger partial charge in [-0.15, -0.1) is 0 Å². The molecule has 3 aromatic rings. The van der Waals surface area contributed by atoms with Crippen LogP contribution in [-0.2, 0) is 0 Å². The molecule has 1 N–H and O–H groups in total. The zero-order chi connectivity index (χ0) is 19.1. The lowest BCUT2D eigenvalue weighted by Gasteiger charge is -2.48. The maximum atomic E-state index is 12.3. The van der Waals surface area contributed by atoms with Gasteiger partial charge in [-0.05, 0) is 43.2 Å². The Morgan fingerprint density at radius 2 is 1.89 bits per heavy atom. The van der Waals surface area contributed by atoms with Crippen molar-refractivity contribution in [3.05, 3.63) is 64.5 Å². The van der Waals surface area contributed by atoms with Crippen LogP contribution in [0.1, 0.15) is 43.8 Å². The molecule has 1 aliphatic carbocycles. The molecule has 5 heteroatoms. The Kier molecular flexibility index (Phi) is 4.04. The van der Waals surface area contributed by atoms with Gasteiger partial charge in [0, 0.05) is 17.0 Å². The summed E-state index contributed by atoms with van der Waals surface area (Å²) in [6, 6.07) is 15.1. The Balaban J connectivity index is 1.73. The van der Waals surface area contributed by atoms with E-state index in [1.54, 1.807) is 25.3 Å². The van der Waals surface area contributed by atoms with Gasteiger partial charge in [-0.1, -0.05) is 31.4 Å². The van der Waals surface area contributed by atoms with E-state index in [2.05, 4.69) is 11.4 Å². The smallest absolute Gasteiger partial charge is 0.336 e. The summed E-state index contributed by atoms with van der Waals surface area (Å²) in [5.74, 6) is 1.54. The molecule has 0 bridgehead atoms. The highest BCUT2D eigenvalue weighted by molar-refractivity contribution is 5.83. The molecule has 1 aromatic heterocycles. The van der Waals surface area contributed by atoms with Gasteiger partial charge in [0.2, 0.25) is 0 Å². The van der Waals surface area contributed by atoms with Gasteiger partial charge in [-0.25, -0.2) is 4.79 Å². The molecule has 1 spiro atoms. The minimum Gasteiger partial charge on any atom is -0.497 e. The average molecular weight is 377 g/mol. The summed E-state index contributed by atoms with van der Waals surface area (Å²) in [6.45, 7) is 0. The summed E-state index contributed by atoms with van der Waals surface area (Å²) in [4.78, 5) is 12.3. The second-order valence-electron chi connectivity index (χ2n) is 7.72. The lowest BCUT2D eigenvalue weighted by atomic mass is 9.74. The summed E-state index contributed by atoms with van der Waals surface area (Å²) in [5, 5.41) is 4.64. The maximum absolute atomic E-state index is 12.3. The normalized spacial score (nSPS) is 20.2. The highest BCUT2D eigenvalue weighted by Gasteiger charge is 2.46. The molecule has 0 saturated heterocycles. The first-order chi connectivity index (χ1) is 13.7. The monoisotopic (exact) mass is 377 g/mol. The molecule has 144 valence electrons. The Bertz CT molecular complexity index is 1080. The van der Waals surface area contributed by atoms with E-state index in [9.17, 15) is 4.79 Å². The van der Waals surface area contributed by atoms with E-state index in [1.165, 1.54) is 6.42 Å². The zero-order valence-corrected chi connectivity index (χ0v) is 15.9. The van der Waals surface area contributed by atoms with Gasteiger partial charge >= 0.3 is 5.63 Å². The summed E-state index contributed by atoms with van der Waals surface area (Å²) in [5.41, 5.74) is 1.83. The van der Waals surface area contributed by atoms with E-state index in [4.69, 9.17) is 13.9 Å². The van der Waals surface area contributed by atoms with Crippen LogP contribution >= 0.6 is 0 Å². The lowest BCUT2D eigenvalue weighted by molar-refractivity contribution is 0.0836. The number of anilines is 1. The number of para-hydroxylation sites is 2. The first-order valence-electron chi connectivity index (χ1n) is 9.84. The Hall–Kier alpha value is -2.95. The molecule has 1 aliphatic heterocycles. The summed E-state index contributed by atoms with van der Waals surface area (Å²) >= 11 is 0. The number of methoxy groups -OCH3 is 1. The molecule has 0 amide bonds. The molecule has 1 saturated carbocycles. The highest BCUT2D eigenvalue weighted by atomic mass is 16.5. The van der Waals surface area contributed by atoms with Crippen molar-refractivity contribution in [1.29, 1.82) is 0 Å². The molecule has 1 atom stereocenters. The Morgan fingerprint density at radius 1 is 1.07 bits per heavy atom. The fourth-order valence-corrected chi connectivity index (χ4v) is 4.69. The van der Waals surface area contributed by atoms with Gasteiger partial charge in [0.1, 0.15) is 23.2 Å². The van der Waals surface area contributed by atoms with E-state index >= 15 is 0 Å². The quantitative estimate of drug-likeness (QED) is 0.633. The van der Waals surface area contributed by atoms with Crippen molar-refractivity contribution in [3.8, 4) is 11.5 Å². The van der Waals surface area contributed by atoms with Crippen molar-refractivity contribution in [2.75, 3.05) is 12.4 Å². The number of nitrogens with one attached hydrogen (secondary N) is 1. The van der Waals surface area contributed by atoms with Gasteiger partial charge in [0.15, 0.2) is 0 Å². The molecule has 0 radical (unpaired) electrons. The second-order valence-corrected chi connectivity index (χ2v) is 7.72. The van der Waals surface area contributed by atoms with E-state index in [1.807, 2.05) is 24.3 Å². The van der Waals surface area contributed by atoms with Crippen molar-refractivity contribution in [3.63, 3.8) is 0 Å². The standard InChI is InChI=1S/C23H23NO4/c1-26-15-9-10-19-16(13-15)17(14-21(25)27-19)22-23(11-5-2-6-12-23)24-18-7-3-4-8-20(18)28-22/h3-4,7-10,13-14,22,24H,2,5-6,11-12H2,1H3. The molecule has 5 nitrogen and oxygen atoms in total. The van der Waals surface area contributed by atoms with Crippen LogP contribution < -0.4 is 20.4 Å². The van der Waals surface area contributed by atoms with Gasteiger partial charge < -0.3 is 19.2 Å². The van der Waals surface area contributed by atoms with Gasteiger partial charge in [0.25, 0.3) is 0 Å². The van der Waals surface area contributed by atoms with Gasteiger partial charge in [0.05, 0.1) is 18.3 Å². The van der Waals surface area contributed by atoms with Crippen LogP contribution in [0, 0.1) is 0 Å². The number of ether oxygens (including phenoxy) is 2. The third-order valence-corrected chi connectivity index (χ3v) is 6.03. The predicted molar refractivity (Wildman–Crippen MR) is 108 cm³/mol. The molecule has 2 heterocycles. The minimum absolute atomic E-state index is 0.240. The molecule has 2 aliphatic rings.